The molecule has 0 aromatic heterocycles. The minimum Gasteiger partial charge on any atom is -0.380 e. The molecule has 0 saturated heterocycles. The molecule has 0 heterocycles. The lowest BCUT2D eigenvalue weighted by Crippen LogP contribution is -2.16. The van der Waals surface area contributed by atoms with Crippen LogP contribution >= 0.6 is 0 Å². The first kappa shape index (κ1) is 12.3. The van der Waals surface area contributed by atoms with Crippen LogP contribution in [0.5, 0.6) is 0 Å². The summed E-state index contributed by atoms with van der Waals surface area (Å²) in [5.41, 5.74) is 0. The Labute approximate surface area is 75.9 Å². The van der Waals surface area contributed by atoms with E-state index in [0.29, 0.717) is 6.42 Å². The van der Waals surface area contributed by atoms with Gasteiger partial charge in [-0.15, -0.1) is 0 Å². The lowest BCUT2D eigenvalue weighted by atomic mass is 10.00. The molecular formula is C9H13F3O. The first-order valence-corrected chi connectivity index (χ1v) is 4.14. The van der Waals surface area contributed by atoms with E-state index in [0.717, 1.165) is 12.3 Å². The molecule has 0 radical (unpaired) electrons. The normalized spacial score (nSPS) is 15.8. The average molecular weight is 194 g/mol. The molecule has 0 aliphatic carbocycles. The molecule has 76 valence electrons. The molecule has 1 nitrogen and oxygen atoms in total. The second-order valence-corrected chi connectivity index (χ2v) is 2.98. The summed E-state index contributed by atoms with van der Waals surface area (Å²) in [6, 6.07) is 0. The summed E-state index contributed by atoms with van der Waals surface area (Å²) in [6.45, 7) is 3.58. The van der Waals surface area contributed by atoms with Crippen LogP contribution in [0.3, 0.4) is 0 Å². The zero-order valence-corrected chi connectivity index (χ0v) is 7.65. The van der Waals surface area contributed by atoms with Crippen molar-refractivity contribution >= 4 is 0 Å². The zero-order valence-electron chi connectivity index (χ0n) is 7.65. The van der Waals surface area contributed by atoms with Gasteiger partial charge in [0.15, 0.2) is 0 Å². The fourth-order valence-electron chi connectivity index (χ4n) is 0.911. The summed E-state index contributed by atoms with van der Waals surface area (Å²) in [4.78, 5) is 0. The second kappa shape index (κ2) is 5.13. The van der Waals surface area contributed by atoms with E-state index in [2.05, 4.69) is 0 Å². The van der Waals surface area contributed by atoms with Gasteiger partial charge in [-0.25, -0.2) is 0 Å². The molecule has 2 unspecified atom stereocenters. The van der Waals surface area contributed by atoms with Crippen molar-refractivity contribution in [3.63, 3.8) is 0 Å². The van der Waals surface area contributed by atoms with Crippen molar-refractivity contribution in [3.05, 3.63) is 0 Å². The molecule has 4 heteroatoms. The highest BCUT2D eigenvalue weighted by molar-refractivity contribution is 5.10. The van der Waals surface area contributed by atoms with E-state index in [1.54, 1.807) is 12.8 Å². The summed E-state index contributed by atoms with van der Waals surface area (Å²) >= 11 is 0. The van der Waals surface area contributed by atoms with Gasteiger partial charge >= 0.3 is 6.18 Å². The van der Waals surface area contributed by atoms with E-state index in [4.69, 9.17) is 5.11 Å². The quantitative estimate of drug-likeness (QED) is 0.684. The van der Waals surface area contributed by atoms with E-state index in [1.165, 1.54) is 0 Å². The molecule has 1 N–H and O–H groups in total. The van der Waals surface area contributed by atoms with Gasteiger partial charge in [0.25, 0.3) is 0 Å². The van der Waals surface area contributed by atoms with Gasteiger partial charge in [-0.2, -0.15) is 13.2 Å². The van der Waals surface area contributed by atoms with Gasteiger partial charge in [0, 0.05) is 5.92 Å². The van der Waals surface area contributed by atoms with Gasteiger partial charge in [0.1, 0.15) is 6.10 Å². The zero-order chi connectivity index (χ0) is 10.5. The molecular weight excluding hydrogens is 181 g/mol. The molecule has 0 saturated carbocycles. The maximum atomic E-state index is 11.6. The first-order chi connectivity index (χ1) is 5.87. The van der Waals surface area contributed by atoms with Crippen LogP contribution in [0.25, 0.3) is 0 Å². The molecule has 0 rings (SSSR count). The van der Waals surface area contributed by atoms with Gasteiger partial charge in [-0.1, -0.05) is 26.2 Å². The van der Waals surface area contributed by atoms with Crippen LogP contribution < -0.4 is 0 Å². The molecule has 2 atom stereocenters. The number of hydrogen-bond acceptors (Lipinski definition) is 1. The molecule has 0 aliphatic heterocycles. The van der Waals surface area contributed by atoms with Crippen molar-refractivity contribution in [2.75, 3.05) is 0 Å². The lowest BCUT2D eigenvalue weighted by Gasteiger charge is -2.11. The van der Waals surface area contributed by atoms with Crippen LogP contribution in [0, 0.1) is 17.8 Å². The predicted molar refractivity (Wildman–Crippen MR) is 43.9 cm³/mol. The van der Waals surface area contributed by atoms with Crippen LogP contribution in [-0.2, 0) is 0 Å². The van der Waals surface area contributed by atoms with Crippen molar-refractivity contribution < 1.29 is 18.3 Å². The Kier molecular flexibility index (Phi) is 4.86. The van der Waals surface area contributed by atoms with E-state index in [-0.39, 0.29) is 5.92 Å². The summed E-state index contributed by atoms with van der Waals surface area (Å²) in [6.07, 6.45) is -4.19. The SMILES string of the molecule is CCCC(C)C(O)C#CC(F)(F)F. The highest BCUT2D eigenvalue weighted by Gasteiger charge is 2.23. The predicted octanol–water partition coefficient (Wildman–Crippen LogP) is 2.35. The fraction of sp³-hybridized carbons (Fsp3) is 0.778. The fourth-order valence-corrected chi connectivity index (χ4v) is 0.911. The van der Waals surface area contributed by atoms with Gasteiger partial charge < -0.3 is 5.11 Å². The Morgan fingerprint density at radius 3 is 2.31 bits per heavy atom. The summed E-state index contributed by atoms with van der Waals surface area (Å²) in [5, 5.41) is 9.14. The Hall–Kier alpha value is -0.690. The highest BCUT2D eigenvalue weighted by atomic mass is 19.4. The average Bonchev–Trinajstić information content (AvgIpc) is 1.99. The van der Waals surface area contributed by atoms with Gasteiger partial charge in [0.2, 0.25) is 0 Å². The van der Waals surface area contributed by atoms with E-state index in [9.17, 15) is 13.2 Å². The highest BCUT2D eigenvalue weighted by Crippen LogP contribution is 2.14. The smallest absolute Gasteiger partial charge is 0.380 e. The molecule has 0 aliphatic rings. The number of halogens is 3. The number of hydrogen-bond donors (Lipinski definition) is 1. The third-order valence-corrected chi connectivity index (χ3v) is 1.64. The largest absolute Gasteiger partial charge is 0.457 e. The molecule has 0 fully saturated rings. The van der Waals surface area contributed by atoms with Crippen LogP contribution in [0.2, 0.25) is 0 Å². The Bertz CT molecular complexity index is 199. The summed E-state index contributed by atoms with van der Waals surface area (Å²) in [5.74, 6) is 2.64. The van der Waals surface area contributed by atoms with Gasteiger partial charge in [-0.05, 0) is 12.3 Å². The molecule has 0 aromatic carbocycles. The van der Waals surface area contributed by atoms with Crippen molar-refractivity contribution in [3.8, 4) is 11.8 Å². The third-order valence-electron chi connectivity index (χ3n) is 1.64. The topological polar surface area (TPSA) is 20.2 Å². The van der Waals surface area contributed by atoms with Crippen LogP contribution in [0.4, 0.5) is 13.2 Å². The molecule has 0 amide bonds. The first-order valence-electron chi connectivity index (χ1n) is 4.14. The second-order valence-electron chi connectivity index (χ2n) is 2.98. The van der Waals surface area contributed by atoms with Crippen LogP contribution in [0.15, 0.2) is 0 Å². The number of rotatable bonds is 3. The van der Waals surface area contributed by atoms with Crippen molar-refractivity contribution in [1.82, 2.24) is 0 Å². The Balaban J connectivity index is 4.10. The standard InChI is InChI=1S/C9H13F3O/c1-3-4-7(2)8(13)5-6-9(10,11)12/h7-8,13H,3-4H2,1-2H3. The minimum absolute atomic E-state index is 0.208. The van der Waals surface area contributed by atoms with E-state index in [1.807, 2.05) is 6.92 Å². The monoisotopic (exact) mass is 194 g/mol. The molecule has 0 spiro atoms. The van der Waals surface area contributed by atoms with Crippen molar-refractivity contribution in [2.45, 2.75) is 39.0 Å². The van der Waals surface area contributed by atoms with Crippen molar-refractivity contribution in [2.24, 2.45) is 5.92 Å². The van der Waals surface area contributed by atoms with Crippen LogP contribution in [0.1, 0.15) is 26.7 Å². The maximum Gasteiger partial charge on any atom is 0.457 e. The lowest BCUT2D eigenvalue weighted by molar-refractivity contribution is -0.0700. The van der Waals surface area contributed by atoms with E-state index < -0.39 is 12.3 Å². The number of alkyl halides is 3. The van der Waals surface area contributed by atoms with Crippen molar-refractivity contribution in [1.29, 1.82) is 0 Å². The van der Waals surface area contributed by atoms with Gasteiger partial charge in [0.05, 0.1) is 0 Å². The summed E-state index contributed by atoms with van der Waals surface area (Å²) < 4.78 is 34.7. The molecule has 13 heavy (non-hydrogen) atoms. The number of aliphatic hydroxyl groups is 1. The number of aliphatic hydroxyl groups excluding tert-OH is 1. The minimum atomic E-state index is -4.51. The van der Waals surface area contributed by atoms with Crippen LogP contribution in [-0.4, -0.2) is 17.4 Å². The Morgan fingerprint density at radius 2 is 1.92 bits per heavy atom. The van der Waals surface area contributed by atoms with E-state index >= 15 is 0 Å². The Morgan fingerprint density at radius 1 is 1.38 bits per heavy atom. The van der Waals surface area contributed by atoms with Gasteiger partial charge in [-0.3, -0.25) is 0 Å². The molecule has 0 bridgehead atoms. The third kappa shape index (κ3) is 6.47. The maximum absolute atomic E-state index is 11.6. The molecule has 0 aromatic rings. The summed E-state index contributed by atoms with van der Waals surface area (Å²) in [7, 11) is 0.